The van der Waals surface area contributed by atoms with E-state index in [4.69, 9.17) is 5.11 Å². The fourth-order valence-corrected chi connectivity index (χ4v) is 1.52. The number of hydrogen-bond acceptors (Lipinski definition) is 3. The maximum Gasteiger partial charge on any atom is 0.221 e. The average Bonchev–Trinajstić information content (AvgIpc) is 2.29. The summed E-state index contributed by atoms with van der Waals surface area (Å²) in [5, 5.41) is 11.9. The molecule has 0 atom stereocenters. The summed E-state index contributed by atoms with van der Waals surface area (Å²) >= 11 is 0. The number of aromatic nitrogens is 1. The summed E-state index contributed by atoms with van der Waals surface area (Å²) in [6.45, 7) is 1.46. The number of amides is 1. The van der Waals surface area contributed by atoms with Crippen LogP contribution in [0.5, 0.6) is 5.75 Å². The van der Waals surface area contributed by atoms with Crippen LogP contribution in [0.1, 0.15) is 6.92 Å². The molecule has 0 aliphatic rings. The summed E-state index contributed by atoms with van der Waals surface area (Å²) in [4.78, 5) is 15.1. The molecule has 0 unspecified atom stereocenters. The Hall–Kier alpha value is -2.36. The predicted octanol–water partition coefficient (Wildman–Crippen LogP) is 2.41. The minimum absolute atomic E-state index is 0.110. The van der Waals surface area contributed by atoms with Gasteiger partial charge in [0.1, 0.15) is 5.75 Å². The molecule has 0 bridgehead atoms. The Labute approximate surface area is 98.9 Å². The van der Waals surface area contributed by atoms with Crippen molar-refractivity contribution in [2.24, 2.45) is 0 Å². The number of nitrogens with one attached hydrogen (secondary N) is 1. The number of pyridine rings is 1. The Bertz CT molecular complexity index is 535. The second-order valence-corrected chi connectivity index (χ2v) is 3.66. The molecule has 0 saturated heterocycles. The van der Waals surface area contributed by atoms with Crippen molar-refractivity contribution < 1.29 is 9.90 Å². The smallest absolute Gasteiger partial charge is 0.221 e. The summed E-state index contributed by atoms with van der Waals surface area (Å²) in [6, 6.07) is 10.7. The van der Waals surface area contributed by atoms with Gasteiger partial charge in [-0.1, -0.05) is 12.1 Å². The van der Waals surface area contributed by atoms with Crippen LogP contribution in [-0.2, 0) is 4.79 Å². The van der Waals surface area contributed by atoms with E-state index in [1.54, 1.807) is 12.1 Å². The first-order valence-corrected chi connectivity index (χ1v) is 5.18. The van der Waals surface area contributed by atoms with Crippen LogP contribution in [0.15, 0.2) is 42.6 Å². The molecule has 2 aromatic rings. The molecule has 1 heterocycles. The minimum atomic E-state index is -0.110. The normalized spacial score (nSPS) is 9.94. The van der Waals surface area contributed by atoms with Gasteiger partial charge in [-0.2, -0.15) is 0 Å². The first-order chi connectivity index (χ1) is 8.15. The molecule has 0 saturated carbocycles. The molecule has 0 fully saturated rings. The van der Waals surface area contributed by atoms with Gasteiger partial charge in [-0.25, -0.2) is 0 Å². The maximum absolute atomic E-state index is 10.9. The van der Waals surface area contributed by atoms with Crippen molar-refractivity contribution in [1.82, 2.24) is 4.98 Å². The summed E-state index contributed by atoms with van der Waals surface area (Å²) in [5.41, 5.74) is 2.36. The van der Waals surface area contributed by atoms with Crippen LogP contribution in [0.2, 0.25) is 0 Å². The van der Waals surface area contributed by atoms with Gasteiger partial charge in [0.15, 0.2) is 0 Å². The van der Waals surface area contributed by atoms with E-state index in [9.17, 15) is 4.79 Å². The highest BCUT2D eigenvalue weighted by atomic mass is 16.3. The summed E-state index contributed by atoms with van der Waals surface area (Å²) in [6.07, 6.45) is 1.39. The number of hydrogen-bond donors (Lipinski definition) is 2. The lowest BCUT2D eigenvalue weighted by molar-refractivity contribution is -0.114. The number of nitrogens with zero attached hydrogens (tertiary/aromatic N) is 1. The lowest BCUT2D eigenvalue weighted by Gasteiger charge is -2.05. The van der Waals surface area contributed by atoms with Crippen molar-refractivity contribution in [3.63, 3.8) is 0 Å². The Morgan fingerprint density at radius 1 is 1.29 bits per heavy atom. The number of aromatic hydroxyl groups is 1. The van der Waals surface area contributed by atoms with Gasteiger partial charge in [-0.05, 0) is 24.3 Å². The van der Waals surface area contributed by atoms with Gasteiger partial charge < -0.3 is 10.4 Å². The topological polar surface area (TPSA) is 62.2 Å². The highest BCUT2D eigenvalue weighted by molar-refractivity contribution is 5.89. The molecule has 1 aromatic heterocycles. The monoisotopic (exact) mass is 228 g/mol. The predicted molar refractivity (Wildman–Crippen MR) is 65.6 cm³/mol. The summed E-state index contributed by atoms with van der Waals surface area (Å²) in [5.74, 6) is 0.0209. The molecule has 17 heavy (non-hydrogen) atoms. The van der Waals surface area contributed by atoms with Crippen molar-refractivity contribution >= 4 is 11.6 Å². The van der Waals surface area contributed by atoms with Crippen LogP contribution in [0, 0.1) is 0 Å². The number of rotatable bonds is 2. The van der Waals surface area contributed by atoms with E-state index in [-0.39, 0.29) is 11.7 Å². The molecule has 0 aliphatic heterocycles. The van der Waals surface area contributed by atoms with E-state index < -0.39 is 0 Å². The molecule has 4 nitrogen and oxygen atoms in total. The standard InChI is InChI=1S/C13H12N2O2/c1-9(16)15-11-4-2-3-10(7-11)13-6-5-12(17)8-14-13/h2-8,17H,1H3,(H,15,16). The van der Waals surface area contributed by atoms with E-state index in [1.807, 2.05) is 24.3 Å². The van der Waals surface area contributed by atoms with Crippen LogP contribution < -0.4 is 5.32 Å². The molecule has 1 aromatic carbocycles. The number of benzene rings is 1. The Morgan fingerprint density at radius 2 is 2.12 bits per heavy atom. The molecule has 0 spiro atoms. The molecule has 0 radical (unpaired) electrons. The van der Waals surface area contributed by atoms with Crippen molar-refractivity contribution in [2.75, 3.05) is 5.32 Å². The van der Waals surface area contributed by atoms with Gasteiger partial charge in [0.2, 0.25) is 5.91 Å². The van der Waals surface area contributed by atoms with Crippen LogP contribution in [0.3, 0.4) is 0 Å². The van der Waals surface area contributed by atoms with Crippen LogP contribution in [0.25, 0.3) is 11.3 Å². The van der Waals surface area contributed by atoms with Crippen molar-refractivity contribution in [3.05, 3.63) is 42.6 Å². The van der Waals surface area contributed by atoms with E-state index >= 15 is 0 Å². The second-order valence-electron chi connectivity index (χ2n) is 3.66. The van der Waals surface area contributed by atoms with Gasteiger partial charge in [-0.3, -0.25) is 9.78 Å². The fourth-order valence-electron chi connectivity index (χ4n) is 1.52. The van der Waals surface area contributed by atoms with Crippen molar-refractivity contribution in [1.29, 1.82) is 0 Å². The van der Waals surface area contributed by atoms with Gasteiger partial charge in [0.25, 0.3) is 0 Å². The molecule has 0 aliphatic carbocycles. The van der Waals surface area contributed by atoms with E-state index in [0.717, 1.165) is 16.9 Å². The van der Waals surface area contributed by atoms with Gasteiger partial charge in [-0.15, -0.1) is 0 Å². The third-order valence-corrected chi connectivity index (χ3v) is 2.23. The molecular weight excluding hydrogens is 216 g/mol. The molecule has 4 heteroatoms. The van der Waals surface area contributed by atoms with Gasteiger partial charge in [0, 0.05) is 18.2 Å². The summed E-state index contributed by atoms with van der Waals surface area (Å²) in [7, 11) is 0. The lowest BCUT2D eigenvalue weighted by atomic mass is 10.1. The Morgan fingerprint density at radius 3 is 2.76 bits per heavy atom. The molecule has 2 rings (SSSR count). The largest absolute Gasteiger partial charge is 0.506 e. The number of carbonyl (C=O) groups is 1. The highest BCUT2D eigenvalue weighted by Crippen LogP contribution is 2.21. The van der Waals surface area contributed by atoms with Crippen molar-refractivity contribution in [2.45, 2.75) is 6.92 Å². The first-order valence-electron chi connectivity index (χ1n) is 5.18. The maximum atomic E-state index is 10.9. The first kappa shape index (κ1) is 11.1. The summed E-state index contributed by atoms with van der Waals surface area (Å²) < 4.78 is 0. The number of carbonyl (C=O) groups excluding carboxylic acids is 1. The Kier molecular flexibility index (Phi) is 3.05. The molecular formula is C13H12N2O2. The lowest BCUT2D eigenvalue weighted by Crippen LogP contribution is -2.05. The third kappa shape index (κ3) is 2.81. The highest BCUT2D eigenvalue weighted by Gasteiger charge is 2.01. The molecule has 86 valence electrons. The van der Waals surface area contributed by atoms with Gasteiger partial charge >= 0.3 is 0 Å². The third-order valence-electron chi connectivity index (χ3n) is 2.23. The second kappa shape index (κ2) is 4.65. The van der Waals surface area contributed by atoms with E-state index in [1.165, 1.54) is 13.1 Å². The molecule has 2 N–H and O–H groups in total. The van der Waals surface area contributed by atoms with Gasteiger partial charge in [0.05, 0.1) is 11.9 Å². The van der Waals surface area contributed by atoms with E-state index in [2.05, 4.69) is 10.3 Å². The SMILES string of the molecule is CC(=O)Nc1cccc(-c2ccc(O)cn2)c1. The van der Waals surface area contributed by atoms with Crippen LogP contribution >= 0.6 is 0 Å². The number of anilines is 1. The quantitative estimate of drug-likeness (QED) is 0.829. The van der Waals surface area contributed by atoms with Crippen LogP contribution in [-0.4, -0.2) is 16.0 Å². The molecule has 1 amide bonds. The minimum Gasteiger partial charge on any atom is -0.506 e. The Balaban J connectivity index is 2.32. The average molecular weight is 228 g/mol. The zero-order valence-corrected chi connectivity index (χ0v) is 9.34. The zero-order chi connectivity index (χ0) is 12.3. The van der Waals surface area contributed by atoms with Crippen LogP contribution in [0.4, 0.5) is 5.69 Å². The van der Waals surface area contributed by atoms with Crippen molar-refractivity contribution in [3.8, 4) is 17.0 Å². The fraction of sp³-hybridized carbons (Fsp3) is 0.0769. The zero-order valence-electron chi connectivity index (χ0n) is 9.34. The van der Waals surface area contributed by atoms with E-state index in [0.29, 0.717) is 0 Å².